The van der Waals surface area contributed by atoms with Crippen LogP contribution in [0.25, 0.3) is 10.4 Å². The third kappa shape index (κ3) is 2.61. The molecule has 0 aliphatic heterocycles. The molecule has 17 heavy (non-hydrogen) atoms. The van der Waals surface area contributed by atoms with E-state index in [0.29, 0.717) is 6.04 Å². The van der Waals surface area contributed by atoms with Gasteiger partial charge in [-0.25, -0.2) is 0 Å². The van der Waals surface area contributed by atoms with Gasteiger partial charge in [0, 0.05) is 16.5 Å². The second kappa shape index (κ2) is 5.07. The van der Waals surface area contributed by atoms with Crippen LogP contribution in [-0.2, 0) is 6.54 Å². The summed E-state index contributed by atoms with van der Waals surface area (Å²) in [7, 11) is 0. The summed E-state index contributed by atoms with van der Waals surface area (Å²) >= 11 is 1.75. The van der Waals surface area contributed by atoms with Crippen LogP contribution in [0.4, 0.5) is 0 Å². The van der Waals surface area contributed by atoms with E-state index in [1.165, 1.54) is 36.1 Å². The van der Waals surface area contributed by atoms with E-state index in [2.05, 4.69) is 28.9 Å². The molecule has 0 radical (unpaired) electrons. The molecule has 3 rings (SSSR count). The van der Waals surface area contributed by atoms with Crippen LogP contribution in [-0.4, -0.2) is 6.04 Å². The first-order chi connectivity index (χ1) is 8.42. The highest BCUT2D eigenvalue weighted by Gasteiger charge is 2.14. The molecule has 90 valence electrons. The lowest BCUT2D eigenvalue weighted by Gasteiger charge is -2.09. The summed E-state index contributed by atoms with van der Waals surface area (Å²) in [6.07, 6.45) is 7.24. The topological polar surface area (TPSA) is 25.2 Å². The van der Waals surface area contributed by atoms with Gasteiger partial charge in [0.25, 0.3) is 0 Å². The highest BCUT2D eigenvalue weighted by Crippen LogP contribution is 2.26. The Balaban J connectivity index is 1.60. The van der Waals surface area contributed by atoms with Crippen molar-refractivity contribution in [1.29, 1.82) is 0 Å². The maximum atomic E-state index is 5.59. The third-order valence-electron chi connectivity index (χ3n) is 3.38. The van der Waals surface area contributed by atoms with Crippen LogP contribution in [0, 0.1) is 0 Å². The maximum absolute atomic E-state index is 5.59. The van der Waals surface area contributed by atoms with Crippen LogP contribution < -0.4 is 5.32 Å². The minimum atomic E-state index is 0.699. The van der Waals surface area contributed by atoms with Crippen LogP contribution in [0.2, 0.25) is 0 Å². The lowest BCUT2D eigenvalue weighted by atomic mass is 10.2. The van der Waals surface area contributed by atoms with Crippen LogP contribution in [0.3, 0.4) is 0 Å². The van der Waals surface area contributed by atoms with Gasteiger partial charge in [0.2, 0.25) is 0 Å². The highest BCUT2D eigenvalue weighted by molar-refractivity contribution is 7.13. The van der Waals surface area contributed by atoms with Crippen molar-refractivity contribution in [2.75, 3.05) is 0 Å². The SMILES string of the molecule is c1csc(-c2coc(CNC3CCCC3)c2)c1. The maximum Gasteiger partial charge on any atom is 0.118 e. The lowest BCUT2D eigenvalue weighted by molar-refractivity contribution is 0.446. The molecule has 0 aromatic carbocycles. The fraction of sp³-hybridized carbons (Fsp3) is 0.429. The molecule has 0 spiro atoms. The standard InChI is InChI=1S/C14H17NOS/c1-2-5-12(4-1)15-9-13-8-11(10-16-13)14-6-3-7-17-14/h3,6-8,10,12,15H,1-2,4-5,9H2. The summed E-state index contributed by atoms with van der Waals surface area (Å²) in [5, 5.41) is 5.66. The van der Waals surface area contributed by atoms with E-state index in [1.807, 2.05) is 6.26 Å². The fourth-order valence-corrected chi connectivity index (χ4v) is 3.12. The third-order valence-corrected chi connectivity index (χ3v) is 4.30. The first-order valence-electron chi connectivity index (χ1n) is 6.26. The monoisotopic (exact) mass is 247 g/mol. The van der Waals surface area contributed by atoms with Crippen molar-refractivity contribution in [3.63, 3.8) is 0 Å². The highest BCUT2D eigenvalue weighted by atomic mass is 32.1. The number of hydrogen-bond acceptors (Lipinski definition) is 3. The van der Waals surface area contributed by atoms with Crippen molar-refractivity contribution >= 4 is 11.3 Å². The minimum Gasteiger partial charge on any atom is -0.467 e. The summed E-state index contributed by atoms with van der Waals surface area (Å²) in [5.74, 6) is 1.04. The molecule has 2 aromatic heterocycles. The van der Waals surface area contributed by atoms with Crippen molar-refractivity contribution in [1.82, 2.24) is 5.32 Å². The van der Waals surface area contributed by atoms with Gasteiger partial charge in [-0.05, 0) is 30.4 Å². The molecule has 2 aromatic rings. The summed E-state index contributed by atoms with van der Waals surface area (Å²) < 4.78 is 5.59. The molecule has 1 aliphatic rings. The summed E-state index contributed by atoms with van der Waals surface area (Å²) in [4.78, 5) is 1.28. The molecule has 2 heterocycles. The normalized spacial score (nSPS) is 16.7. The number of furan rings is 1. The van der Waals surface area contributed by atoms with Crippen molar-refractivity contribution in [3.05, 3.63) is 35.6 Å². The first kappa shape index (κ1) is 11.1. The van der Waals surface area contributed by atoms with E-state index in [1.54, 1.807) is 11.3 Å². The molecule has 1 fully saturated rings. The van der Waals surface area contributed by atoms with Crippen molar-refractivity contribution in [2.24, 2.45) is 0 Å². The molecule has 1 saturated carbocycles. The van der Waals surface area contributed by atoms with Crippen LogP contribution in [0.5, 0.6) is 0 Å². The van der Waals surface area contributed by atoms with E-state index in [4.69, 9.17) is 4.42 Å². The Hall–Kier alpha value is -1.06. The zero-order valence-corrected chi connectivity index (χ0v) is 10.6. The Morgan fingerprint density at radius 3 is 3.00 bits per heavy atom. The summed E-state index contributed by atoms with van der Waals surface area (Å²) in [5.41, 5.74) is 1.20. The van der Waals surface area contributed by atoms with Crippen molar-refractivity contribution < 1.29 is 4.42 Å². The van der Waals surface area contributed by atoms with Crippen LogP contribution in [0.1, 0.15) is 31.4 Å². The molecule has 2 nitrogen and oxygen atoms in total. The second-order valence-electron chi connectivity index (χ2n) is 4.64. The Kier molecular flexibility index (Phi) is 3.29. The largest absolute Gasteiger partial charge is 0.467 e. The number of thiophene rings is 1. The van der Waals surface area contributed by atoms with Gasteiger partial charge in [0.15, 0.2) is 0 Å². The molecule has 1 N–H and O–H groups in total. The molecule has 0 saturated heterocycles. The molecule has 0 atom stereocenters. The number of rotatable bonds is 4. The van der Waals surface area contributed by atoms with Gasteiger partial charge in [0.1, 0.15) is 5.76 Å². The van der Waals surface area contributed by atoms with Gasteiger partial charge in [0.05, 0.1) is 12.8 Å². The second-order valence-corrected chi connectivity index (χ2v) is 5.59. The van der Waals surface area contributed by atoms with Gasteiger partial charge in [-0.15, -0.1) is 11.3 Å². The zero-order valence-electron chi connectivity index (χ0n) is 9.82. The number of hydrogen-bond donors (Lipinski definition) is 1. The molecule has 0 unspecified atom stereocenters. The van der Waals surface area contributed by atoms with Crippen molar-refractivity contribution in [2.45, 2.75) is 38.3 Å². The van der Waals surface area contributed by atoms with Gasteiger partial charge in [-0.2, -0.15) is 0 Å². The van der Waals surface area contributed by atoms with E-state index in [-0.39, 0.29) is 0 Å². The molecule has 0 bridgehead atoms. The summed E-state index contributed by atoms with van der Waals surface area (Å²) in [6.45, 7) is 0.857. The van der Waals surface area contributed by atoms with Gasteiger partial charge >= 0.3 is 0 Å². The fourth-order valence-electron chi connectivity index (χ4n) is 2.42. The minimum absolute atomic E-state index is 0.699. The Labute approximate surface area is 106 Å². The van der Waals surface area contributed by atoms with Crippen LogP contribution >= 0.6 is 11.3 Å². The molecule has 3 heteroatoms. The Morgan fingerprint density at radius 2 is 2.24 bits per heavy atom. The van der Waals surface area contributed by atoms with Gasteiger partial charge in [-0.1, -0.05) is 18.9 Å². The van der Waals surface area contributed by atoms with Crippen molar-refractivity contribution in [3.8, 4) is 10.4 Å². The van der Waals surface area contributed by atoms with E-state index < -0.39 is 0 Å². The zero-order chi connectivity index (χ0) is 11.5. The quantitative estimate of drug-likeness (QED) is 0.882. The predicted octanol–water partition coefficient (Wildman–Crippen LogP) is 4.04. The predicted molar refractivity (Wildman–Crippen MR) is 71.1 cm³/mol. The van der Waals surface area contributed by atoms with E-state index >= 15 is 0 Å². The van der Waals surface area contributed by atoms with Crippen LogP contribution in [0.15, 0.2) is 34.3 Å². The first-order valence-corrected chi connectivity index (χ1v) is 7.14. The molecular formula is C14H17NOS. The lowest BCUT2D eigenvalue weighted by Crippen LogP contribution is -2.24. The average Bonchev–Trinajstić information content (AvgIpc) is 3.09. The Morgan fingerprint density at radius 1 is 1.35 bits per heavy atom. The Bertz CT molecular complexity index is 454. The molecule has 0 amide bonds. The van der Waals surface area contributed by atoms with E-state index in [0.717, 1.165) is 12.3 Å². The molecule has 1 aliphatic carbocycles. The number of nitrogens with one attached hydrogen (secondary N) is 1. The molecular weight excluding hydrogens is 230 g/mol. The van der Waals surface area contributed by atoms with Gasteiger partial charge in [-0.3, -0.25) is 0 Å². The van der Waals surface area contributed by atoms with E-state index in [9.17, 15) is 0 Å². The average molecular weight is 247 g/mol. The summed E-state index contributed by atoms with van der Waals surface area (Å²) in [6, 6.07) is 7.05. The van der Waals surface area contributed by atoms with Gasteiger partial charge < -0.3 is 9.73 Å². The smallest absolute Gasteiger partial charge is 0.118 e.